The number of rotatable bonds is 0. The summed E-state index contributed by atoms with van der Waals surface area (Å²) in [5, 5.41) is 0. The van der Waals surface area contributed by atoms with Crippen LogP contribution in [0, 0.1) is 11.8 Å². The molecular weight excluding hydrogens is 154 g/mol. The molecular formula is C5H8NO3S-. The van der Waals surface area contributed by atoms with Gasteiger partial charge < -0.3 is 17.7 Å². The maximum Gasteiger partial charge on any atom is 0.129 e. The molecule has 58 valence electrons. The molecule has 0 aliphatic rings. The van der Waals surface area contributed by atoms with Crippen molar-refractivity contribution in [3.8, 4) is 0 Å². The summed E-state index contributed by atoms with van der Waals surface area (Å²) in [4.78, 5) is 0.0671. The fourth-order valence-corrected chi connectivity index (χ4v) is 1.22. The van der Waals surface area contributed by atoms with Gasteiger partial charge in [0.15, 0.2) is 0 Å². The summed E-state index contributed by atoms with van der Waals surface area (Å²) in [5.74, 6) is 0.625. The monoisotopic (exact) mass is 162 g/mol. The zero-order valence-corrected chi connectivity index (χ0v) is 6.51. The normalized spacial score (nSPS) is 15.3. The summed E-state index contributed by atoms with van der Waals surface area (Å²) in [6, 6.07) is 0. The molecule has 4 nitrogen and oxygen atoms in total. The van der Waals surface area contributed by atoms with E-state index < -0.39 is 10.7 Å². The standard InChI is InChI=1S/C5H8NO3S/c1-4-3-6(2)5(9-4)10(7)8/h3H,1-2H3,(H,7,8)/q-1. The first-order valence-corrected chi connectivity index (χ1v) is 3.79. The first kappa shape index (κ1) is 7.43. The van der Waals surface area contributed by atoms with Gasteiger partial charge in [-0.3, -0.25) is 0 Å². The highest BCUT2D eigenvalue weighted by atomic mass is 32.2. The Labute approximate surface area is 60.0 Å². The van der Waals surface area contributed by atoms with Crippen molar-refractivity contribution < 1.29 is 13.2 Å². The highest BCUT2D eigenvalue weighted by Gasteiger charge is 1.87. The van der Waals surface area contributed by atoms with Crippen molar-refractivity contribution in [2.75, 3.05) is 0 Å². The minimum absolute atomic E-state index is 0.0671. The zero-order valence-electron chi connectivity index (χ0n) is 5.70. The molecule has 5 heteroatoms. The molecule has 0 aliphatic carbocycles. The lowest BCUT2D eigenvalue weighted by Crippen LogP contribution is -1.86. The number of hydrogen-bond donors (Lipinski definition) is 1. The second kappa shape index (κ2) is 2.51. The van der Waals surface area contributed by atoms with Gasteiger partial charge in [-0.05, 0) is 6.92 Å². The summed E-state index contributed by atoms with van der Waals surface area (Å²) >= 11 is 0. The number of aromatic nitrogens is 1. The fraction of sp³-hybridized carbons (Fsp3) is 0.400. The van der Waals surface area contributed by atoms with Crippen molar-refractivity contribution in [3.63, 3.8) is 0 Å². The third kappa shape index (κ3) is 1.25. The Morgan fingerprint density at radius 1 is 1.80 bits per heavy atom. The van der Waals surface area contributed by atoms with Gasteiger partial charge in [0.05, 0.1) is 0 Å². The topological polar surface area (TPSA) is 55.4 Å². The van der Waals surface area contributed by atoms with Crippen LogP contribution in [-0.4, -0.2) is 9.12 Å². The maximum absolute atomic E-state index is 10.4. The minimum Gasteiger partial charge on any atom is -0.466 e. The molecule has 0 spiro atoms. The molecule has 0 bridgehead atoms. The highest BCUT2D eigenvalue weighted by Crippen LogP contribution is 1.98. The third-order valence-corrected chi connectivity index (χ3v) is 1.73. The van der Waals surface area contributed by atoms with Crippen molar-refractivity contribution in [3.05, 3.63) is 16.8 Å². The van der Waals surface area contributed by atoms with Gasteiger partial charge in [-0.25, -0.2) is 0 Å². The van der Waals surface area contributed by atoms with E-state index in [1.165, 1.54) is 4.57 Å². The van der Waals surface area contributed by atoms with Crippen molar-refractivity contribution in [1.82, 2.24) is 4.57 Å². The van der Waals surface area contributed by atoms with Gasteiger partial charge in [-0.2, -0.15) is 0 Å². The molecule has 0 fully saturated rings. The number of oxazole rings is 1. The summed E-state index contributed by atoms with van der Waals surface area (Å²) in [6.45, 7) is 1.72. The van der Waals surface area contributed by atoms with Gasteiger partial charge in [-0.15, -0.1) is 0 Å². The van der Waals surface area contributed by atoms with Gasteiger partial charge in [0.1, 0.15) is 10.6 Å². The van der Waals surface area contributed by atoms with E-state index in [0.29, 0.717) is 5.76 Å². The van der Waals surface area contributed by atoms with Crippen LogP contribution in [0.5, 0.6) is 0 Å². The van der Waals surface area contributed by atoms with E-state index in [4.69, 9.17) is 8.97 Å². The number of nitrogens with zero attached hydrogens (tertiary/aromatic N) is 1. The predicted molar refractivity (Wildman–Crippen MR) is 36.3 cm³/mol. The van der Waals surface area contributed by atoms with Crippen LogP contribution in [0.1, 0.15) is 5.76 Å². The van der Waals surface area contributed by atoms with E-state index in [-0.39, 0.29) is 4.84 Å². The second-order valence-corrected chi connectivity index (χ2v) is 2.82. The van der Waals surface area contributed by atoms with Crippen LogP contribution in [0.4, 0.5) is 0 Å². The van der Waals surface area contributed by atoms with Gasteiger partial charge in [0.25, 0.3) is 0 Å². The lowest BCUT2D eigenvalue weighted by molar-refractivity contribution is 0.472. The first-order chi connectivity index (χ1) is 4.61. The van der Waals surface area contributed by atoms with E-state index in [9.17, 15) is 4.21 Å². The Kier molecular flexibility index (Phi) is 1.87. The molecule has 0 atom stereocenters. The fourth-order valence-electron chi connectivity index (χ4n) is 0.720. The summed E-state index contributed by atoms with van der Waals surface area (Å²) in [6.07, 6.45) is 1.64. The van der Waals surface area contributed by atoms with Gasteiger partial charge >= 0.3 is 0 Å². The minimum atomic E-state index is -2.02. The Morgan fingerprint density at radius 2 is 2.40 bits per heavy atom. The van der Waals surface area contributed by atoms with Crippen LogP contribution in [0.3, 0.4) is 0 Å². The summed E-state index contributed by atoms with van der Waals surface area (Å²) in [5.41, 5.74) is 0. The van der Waals surface area contributed by atoms with Crippen LogP contribution in [0.15, 0.2) is 10.6 Å². The van der Waals surface area contributed by atoms with Crippen molar-refractivity contribution in [1.29, 1.82) is 0 Å². The molecule has 1 rings (SSSR count). The van der Waals surface area contributed by atoms with Gasteiger partial charge in [0, 0.05) is 13.2 Å². The molecule has 10 heavy (non-hydrogen) atoms. The van der Waals surface area contributed by atoms with Crippen molar-refractivity contribution in [2.45, 2.75) is 6.92 Å². The molecule has 0 saturated heterocycles. The van der Waals surface area contributed by atoms with E-state index in [1.807, 2.05) is 0 Å². The zero-order chi connectivity index (χ0) is 7.72. The average Bonchev–Trinajstić information content (AvgIpc) is 2.10. The molecule has 1 aromatic rings. The Bertz CT molecular complexity index is 342. The Hall–Kier alpha value is -0.680. The molecule has 0 saturated carbocycles. The van der Waals surface area contributed by atoms with E-state index >= 15 is 0 Å². The first-order valence-electron chi connectivity index (χ1n) is 2.68. The SMILES string of the molecule is Cc1cn(C)c(=[S-](=O)O)o1. The van der Waals surface area contributed by atoms with Crippen molar-refractivity contribution in [2.24, 2.45) is 7.05 Å². The molecule has 1 N–H and O–H groups in total. The largest absolute Gasteiger partial charge is 0.466 e. The van der Waals surface area contributed by atoms with Crippen LogP contribution >= 0.6 is 0 Å². The molecule has 0 unspecified atom stereocenters. The average molecular weight is 162 g/mol. The molecule has 0 radical (unpaired) electrons. The maximum atomic E-state index is 10.4. The smallest absolute Gasteiger partial charge is 0.129 e. The predicted octanol–water partition coefficient (Wildman–Crippen LogP) is 0.895. The lowest BCUT2D eigenvalue weighted by atomic mass is 10.6. The van der Waals surface area contributed by atoms with Crippen molar-refractivity contribution >= 4 is 10.7 Å². The second-order valence-electron chi connectivity index (χ2n) is 1.97. The third-order valence-electron chi connectivity index (χ3n) is 1.06. The molecule has 0 aromatic carbocycles. The van der Waals surface area contributed by atoms with Crippen LogP contribution in [0.25, 0.3) is 0 Å². The Balaban J connectivity index is 3.59. The van der Waals surface area contributed by atoms with Crippen LogP contribution < -0.4 is 0 Å². The van der Waals surface area contributed by atoms with E-state index in [2.05, 4.69) is 0 Å². The molecule has 1 aromatic heterocycles. The molecule has 0 amide bonds. The quantitative estimate of drug-likeness (QED) is 0.350. The number of aryl methyl sites for hydroxylation is 2. The van der Waals surface area contributed by atoms with Crippen LogP contribution in [0.2, 0.25) is 0 Å². The Morgan fingerprint density at radius 3 is 2.60 bits per heavy atom. The van der Waals surface area contributed by atoms with E-state index in [0.717, 1.165) is 0 Å². The number of hydrogen-bond acceptors (Lipinski definition) is 3. The molecule has 0 aliphatic heterocycles. The molecule has 1 heterocycles. The lowest BCUT2D eigenvalue weighted by Gasteiger charge is -1.91. The summed E-state index contributed by atoms with van der Waals surface area (Å²) < 4.78 is 25.4. The highest BCUT2D eigenvalue weighted by molar-refractivity contribution is 7.70. The van der Waals surface area contributed by atoms with Gasteiger partial charge in [0.2, 0.25) is 0 Å². The van der Waals surface area contributed by atoms with Gasteiger partial charge in [-0.1, -0.05) is 10.7 Å². The van der Waals surface area contributed by atoms with E-state index in [1.54, 1.807) is 20.2 Å². The summed E-state index contributed by atoms with van der Waals surface area (Å²) in [7, 11) is -0.371. The van der Waals surface area contributed by atoms with Crippen LogP contribution in [-0.2, 0) is 21.9 Å².